The van der Waals surface area contributed by atoms with E-state index in [1.165, 1.54) is 18.2 Å². The molecule has 2 fully saturated rings. The second kappa shape index (κ2) is 7.62. The van der Waals surface area contributed by atoms with E-state index in [4.69, 9.17) is 0 Å². The van der Waals surface area contributed by atoms with Gasteiger partial charge in [-0.05, 0) is 49.9 Å². The SMILES string of the molecule is Cl.Cn1ccnc1CN(Cc1c(F)cccc1F)C1CC12CCNCC2. The Balaban J connectivity index is 0.00000196. The minimum Gasteiger partial charge on any atom is -0.337 e. The largest absolute Gasteiger partial charge is 0.337 e. The van der Waals surface area contributed by atoms with Crippen LogP contribution in [0.1, 0.15) is 30.7 Å². The highest BCUT2D eigenvalue weighted by Crippen LogP contribution is 2.56. The number of piperidine rings is 1. The lowest BCUT2D eigenvalue weighted by Gasteiger charge is -2.29. The summed E-state index contributed by atoms with van der Waals surface area (Å²) in [6.45, 7) is 2.95. The second-order valence-electron chi connectivity index (χ2n) is 7.39. The van der Waals surface area contributed by atoms with Crippen LogP contribution >= 0.6 is 12.4 Å². The van der Waals surface area contributed by atoms with Crippen LogP contribution in [0, 0.1) is 17.0 Å². The fraction of sp³-hybridized carbons (Fsp3) is 0.526. The van der Waals surface area contributed by atoms with Crippen LogP contribution in [0.4, 0.5) is 8.78 Å². The summed E-state index contributed by atoms with van der Waals surface area (Å²) in [7, 11) is 1.96. The van der Waals surface area contributed by atoms with Crippen molar-refractivity contribution in [2.45, 2.75) is 38.4 Å². The first-order valence-corrected chi connectivity index (χ1v) is 8.93. The van der Waals surface area contributed by atoms with Gasteiger partial charge in [-0.2, -0.15) is 0 Å². The lowest BCUT2D eigenvalue weighted by Crippen LogP contribution is -2.36. The fourth-order valence-electron chi connectivity index (χ4n) is 4.20. The normalized spacial score (nSPS) is 21.0. The predicted molar refractivity (Wildman–Crippen MR) is 99.0 cm³/mol. The van der Waals surface area contributed by atoms with Crippen molar-refractivity contribution in [3.05, 3.63) is 53.6 Å². The summed E-state index contributed by atoms with van der Waals surface area (Å²) in [5.74, 6) is -0.0116. The van der Waals surface area contributed by atoms with E-state index >= 15 is 0 Å². The number of hydrogen-bond acceptors (Lipinski definition) is 3. The van der Waals surface area contributed by atoms with Crippen molar-refractivity contribution in [3.63, 3.8) is 0 Å². The van der Waals surface area contributed by atoms with Crippen LogP contribution in [0.15, 0.2) is 30.6 Å². The van der Waals surface area contributed by atoms with E-state index in [0.29, 0.717) is 18.0 Å². The first kappa shape index (κ1) is 19.3. The molecule has 142 valence electrons. The van der Waals surface area contributed by atoms with Gasteiger partial charge in [0.25, 0.3) is 0 Å². The molecule has 26 heavy (non-hydrogen) atoms. The highest BCUT2D eigenvalue weighted by Gasteiger charge is 2.56. The lowest BCUT2D eigenvalue weighted by molar-refractivity contribution is 0.178. The zero-order valence-corrected chi connectivity index (χ0v) is 15.7. The average molecular weight is 383 g/mol. The highest BCUT2D eigenvalue weighted by atomic mass is 35.5. The summed E-state index contributed by atoms with van der Waals surface area (Å²) in [6.07, 6.45) is 7.05. The van der Waals surface area contributed by atoms with Gasteiger partial charge in [-0.3, -0.25) is 4.90 Å². The summed E-state index contributed by atoms with van der Waals surface area (Å²) in [5, 5.41) is 3.41. The van der Waals surface area contributed by atoms with E-state index in [2.05, 4.69) is 15.2 Å². The molecule has 1 aliphatic carbocycles. The maximum Gasteiger partial charge on any atom is 0.130 e. The van der Waals surface area contributed by atoms with Gasteiger partial charge >= 0.3 is 0 Å². The molecule has 1 N–H and O–H groups in total. The van der Waals surface area contributed by atoms with Gasteiger partial charge in [-0.25, -0.2) is 13.8 Å². The zero-order valence-electron chi connectivity index (χ0n) is 14.9. The molecular formula is C19H25ClF2N4. The third-order valence-electron chi connectivity index (χ3n) is 5.88. The van der Waals surface area contributed by atoms with Crippen LogP contribution in [0.2, 0.25) is 0 Å². The van der Waals surface area contributed by atoms with E-state index in [1.54, 1.807) is 6.20 Å². The maximum atomic E-state index is 14.2. The van der Waals surface area contributed by atoms with Crippen molar-refractivity contribution >= 4 is 12.4 Å². The van der Waals surface area contributed by atoms with Crippen molar-refractivity contribution in [1.82, 2.24) is 19.8 Å². The Kier molecular flexibility index (Phi) is 5.65. The molecule has 0 bridgehead atoms. The molecule has 1 atom stereocenters. The molecule has 2 heterocycles. The Morgan fingerprint density at radius 2 is 1.92 bits per heavy atom. The molecule has 1 spiro atoms. The van der Waals surface area contributed by atoms with E-state index < -0.39 is 11.6 Å². The molecular weight excluding hydrogens is 358 g/mol. The average Bonchev–Trinajstić information content (AvgIpc) is 3.12. The topological polar surface area (TPSA) is 33.1 Å². The molecule has 1 saturated carbocycles. The van der Waals surface area contributed by atoms with Crippen LogP contribution in [0.5, 0.6) is 0 Å². The summed E-state index contributed by atoms with van der Waals surface area (Å²) in [4.78, 5) is 6.62. The Hall–Kier alpha value is -1.50. The van der Waals surface area contributed by atoms with Crippen molar-refractivity contribution in [2.24, 2.45) is 12.5 Å². The Bertz CT molecular complexity index is 737. The Morgan fingerprint density at radius 3 is 2.54 bits per heavy atom. The number of benzene rings is 1. The zero-order chi connectivity index (χ0) is 17.4. The second-order valence-corrected chi connectivity index (χ2v) is 7.39. The molecule has 0 amide bonds. The van der Waals surface area contributed by atoms with Crippen LogP contribution in [0.25, 0.3) is 0 Å². The first-order chi connectivity index (χ1) is 12.1. The predicted octanol–water partition coefficient (Wildman–Crippen LogP) is 3.26. The maximum absolute atomic E-state index is 14.2. The van der Waals surface area contributed by atoms with Crippen LogP contribution in [-0.4, -0.2) is 33.6 Å². The Morgan fingerprint density at radius 1 is 1.23 bits per heavy atom. The van der Waals surface area contributed by atoms with Crippen molar-refractivity contribution in [3.8, 4) is 0 Å². The van der Waals surface area contributed by atoms with E-state index in [9.17, 15) is 8.78 Å². The van der Waals surface area contributed by atoms with Crippen LogP contribution in [-0.2, 0) is 20.1 Å². The number of aryl methyl sites for hydroxylation is 1. The van der Waals surface area contributed by atoms with Gasteiger partial charge in [0.2, 0.25) is 0 Å². The van der Waals surface area contributed by atoms with Gasteiger partial charge in [-0.1, -0.05) is 6.07 Å². The van der Waals surface area contributed by atoms with Gasteiger partial charge in [0.05, 0.1) is 6.54 Å². The van der Waals surface area contributed by atoms with Gasteiger partial charge in [0, 0.05) is 37.6 Å². The van der Waals surface area contributed by atoms with Crippen molar-refractivity contribution in [1.29, 1.82) is 0 Å². The van der Waals surface area contributed by atoms with Gasteiger partial charge in [0.1, 0.15) is 17.5 Å². The van der Waals surface area contributed by atoms with Crippen molar-refractivity contribution < 1.29 is 8.78 Å². The van der Waals surface area contributed by atoms with Gasteiger partial charge < -0.3 is 9.88 Å². The fourth-order valence-corrected chi connectivity index (χ4v) is 4.20. The quantitative estimate of drug-likeness (QED) is 0.861. The summed E-state index contributed by atoms with van der Waals surface area (Å²) in [6, 6.07) is 4.46. The molecule has 1 aliphatic heterocycles. The minimum absolute atomic E-state index is 0. The van der Waals surface area contributed by atoms with E-state index in [1.807, 2.05) is 17.8 Å². The van der Waals surface area contributed by atoms with Gasteiger partial charge in [0.15, 0.2) is 0 Å². The monoisotopic (exact) mass is 382 g/mol. The number of rotatable bonds is 5. The van der Waals surface area contributed by atoms with Gasteiger partial charge in [-0.15, -0.1) is 12.4 Å². The molecule has 7 heteroatoms. The molecule has 2 aromatic rings. The molecule has 1 unspecified atom stereocenters. The number of hydrogen-bond donors (Lipinski definition) is 1. The lowest BCUT2D eigenvalue weighted by atomic mass is 9.93. The number of nitrogens with one attached hydrogen (secondary N) is 1. The number of nitrogens with zero attached hydrogens (tertiary/aromatic N) is 3. The number of aromatic nitrogens is 2. The number of imidazole rings is 1. The molecule has 1 aromatic heterocycles. The molecule has 2 aliphatic rings. The minimum atomic E-state index is -0.468. The molecule has 1 saturated heterocycles. The smallest absolute Gasteiger partial charge is 0.130 e. The van der Waals surface area contributed by atoms with E-state index in [-0.39, 0.29) is 24.5 Å². The van der Waals surface area contributed by atoms with Crippen LogP contribution in [0.3, 0.4) is 0 Å². The molecule has 4 rings (SSSR count). The third-order valence-corrected chi connectivity index (χ3v) is 5.88. The summed E-state index contributed by atoms with van der Waals surface area (Å²) < 4.78 is 30.4. The standard InChI is InChI=1S/C19H24F2N4.ClH/c1-24-10-9-23-18(24)13-25(12-14-15(20)3-2-4-16(14)21)17-11-19(17)5-7-22-8-6-19;/h2-4,9-10,17,22H,5-8,11-13H2,1H3;1H. The highest BCUT2D eigenvalue weighted by molar-refractivity contribution is 5.85. The van der Waals surface area contributed by atoms with Crippen molar-refractivity contribution in [2.75, 3.05) is 13.1 Å². The first-order valence-electron chi connectivity index (χ1n) is 8.93. The summed E-state index contributed by atoms with van der Waals surface area (Å²) in [5.41, 5.74) is 0.464. The van der Waals surface area contributed by atoms with E-state index in [0.717, 1.165) is 38.2 Å². The molecule has 1 aromatic carbocycles. The number of halogens is 3. The Labute approximate surface area is 159 Å². The molecule has 0 radical (unpaired) electrons. The molecule has 4 nitrogen and oxygen atoms in total. The summed E-state index contributed by atoms with van der Waals surface area (Å²) >= 11 is 0. The third kappa shape index (κ3) is 3.63. The van der Waals surface area contributed by atoms with Crippen LogP contribution < -0.4 is 5.32 Å².